The van der Waals surface area contributed by atoms with Crippen molar-refractivity contribution in [3.63, 3.8) is 0 Å². The van der Waals surface area contributed by atoms with Crippen LogP contribution < -0.4 is 5.32 Å². The molecule has 2 aliphatic rings. The lowest BCUT2D eigenvalue weighted by Crippen LogP contribution is -2.49. The molecule has 0 aliphatic carbocycles. The van der Waals surface area contributed by atoms with Gasteiger partial charge in [-0.1, -0.05) is 37.3 Å². The molecule has 128 valence electrons. The highest BCUT2D eigenvalue weighted by atomic mass is 15.2. The molecule has 3 rings (SSSR count). The summed E-state index contributed by atoms with van der Waals surface area (Å²) >= 11 is 0. The number of nitrogens with one attached hydrogen (secondary N) is 1. The maximum Gasteiger partial charge on any atom is 0.0236 e. The summed E-state index contributed by atoms with van der Waals surface area (Å²) in [6.07, 6.45) is 3.92. The first-order valence-electron chi connectivity index (χ1n) is 9.25. The van der Waals surface area contributed by atoms with Crippen LogP contribution in [0.15, 0.2) is 30.3 Å². The SMILES string of the molecule is CC1CC(N(C)CC2(C)CCNC2)CCN1Cc1ccccc1. The van der Waals surface area contributed by atoms with Crippen LogP contribution in [-0.2, 0) is 6.54 Å². The van der Waals surface area contributed by atoms with Crippen molar-refractivity contribution in [1.29, 1.82) is 0 Å². The standard InChI is InChI=1S/C20H33N3/c1-17-13-19(22(3)16-20(2)10-11-21-15-20)9-12-23(17)14-18-7-5-4-6-8-18/h4-8,17,19,21H,9-16H2,1-3H3. The summed E-state index contributed by atoms with van der Waals surface area (Å²) in [5.74, 6) is 0. The van der Waals surface area contributed by atoms with Crippen molar-refractivity contribution in [2.24, 2.45) is 5.41 Å². The molecule has 3 unspecified atom stereocenters. The average molecular weight is 316 g/mol. The van der Waals surface area contributed by atoms with Crippen LogP contribution in [0, 0.1) is 5.41 Å². The van der Waals surface area contributed by atoms with Crippen molar-refractivity contribution < 1.29 is 0 Å². The zero-order valence-corrected chi connectivity index (χ0v) is 15.1. The van der Waals surface area contributed by atoms with Crippen molar-refractivity contribution in [3.05, 3.63) is 35.9 Å². The van der Waals surface area contributed by atoms with Gasteiger partial charge in [0.25, 0.3) is 0 Å². The third kappa shape index (κ3) is 4.34. The van der Waals surface area contributed by atoms with Crippen molar-refractivity contribution in [3.8, 4) is 0 Å². The Bertz CT molecular complexity index is 481. The Kier molecular flexibility index (Phi) is 5.40. The summed E-state index contributed by atoms with van der Waals surface area (Å²) in [6, 6.07) is 12.3. The number of benzene rings is 1. The first kappa shape index (κ1) is 16.9. The van der Waals surface area contributed by atoms with Gasteiger partial charge in [0.2, 0.25) is 0 Å². The molecule has 0 spiro atoms. The Hall–Kier alpha value is -0.900. The summed E-state index contributed by atoms with van der Waals surface area (Å²) in [6.45, 7) is 10.8. The highest BCUT2D eigenvalue weighted by molar-refractivity contribution is 5.14. The van der Waals surface area contributed by atoms with E-state index < -0.39 is 0 Å². The van der Waals surface area contributed by atoms with E-state index in [-0.39, 0.29) is 0 Å². The predicted octanol–water partition coefficient (Wildman–Crippen LogP) is 2.97. The van der Waals surface area contributed by atoms with Gasteiger partial charge in [0.05, 0.1) is 0 Å². The van der Waals surface area contributed by atoms with E-state index in [0.717, 1.165) is 12.6 Å². The first-order valence-corrected chi connectivity index (χ1v) is 9.25. The van der Waals surface area contributed by atoms with E-state index in [1.807, 2.05) is 0 Å². The van der Waals surface area contributed by atoms with E-state index in [9.17, 15) is 0 Å². The molecule has 2 saturated heterocycles. The fraction of sp³-hybridized carbons (Fsp3) is 0.700. The molecule has 3 nitrogen and oxygen atoms in total. The van der Waals surface area contributed by atoms with E-state index in [0.29, 0.717) is 11.5 Å². The smallest absolute Gasteiger partial charge is 0.0236 e. The third-order valence-corrected chi connectivity index (χ3v) is 5.93. The summed E-state index contributed by atoms with van der Waals surface area (Å²) in [7, 11) is 2.34. The molecule has 1 aromatic carbocycles. The first-order chi connectivity index (χ1) is 11.1. The number of hydrogen-bond donors (Lipinski definition) is 1. The van der Waals surface area contributed by atoms with Crippen molar-refractivity contribution in [2.75, 3.05) is 33.2 Å². The van der Waals surface area contributed by atoms with Gasteiger partial charge in [-0.25, -0.2) is 0 Å². The maximum absolute atomic E-state index is 3.53. The van der Waals surface area contributed by atoms with Crippen LogP contribution in [0.3, 0.4) is 0 Å². The second-order valence-electron chi connectivity index (χ2n) is 8.14. The molecule has 0 saturated carbocycles. The normalized spacial score (nSPS) is 32.5. The Morgan fingerprint density at radius 2 is 2.09 bits per heavy atom. The Balaban J connectivity index is 1.51. The number of piperidine rings is 1. The van der Waals surface area contributed by atoms with Crippen LogP contribution in [0.5, 0.6) is 0 Å². The molecular weight excluding hydrogens is 282 g/mol. The molecule has 3 heteroatoms. The fourth-order valence-electron chi connectivity index (χ4n) is 4.38. The van der Waals surface area contributed by atoms with Crippen LogP contribution in [0.4, 0.5) is 0 Å². The van der Waals surface area contributed by atoms with Crippen molar-refractivity contribution in [1.82, 2.24) is 15.1 Å². The van der Waals surface area contributed by atoms with Gasteiger partial charge in [-0.15, -0.1) is 0 Å². The lowest BCUT2D eigenvalue weighted by Gasteiger charge is -2.43. The average Bonchev–Trinajstić information content (AvgIpc) is 2.96. The number of rotatable bonds is 5. The van der Waals surface area contributed by atoms with Crippen molar-refractivity contribution >= 4 is 0 Å². The largest absolute Gasteiger partial charge is 0.316 e. The van der Waals surface area contributed by atoms with Crippen LogP contribution in [0.1, 0.15) is 38.7 Å². The fourth-order valence-corrected chi connectivity index (χ4v) is 4.38. The molecule has 0 amide bonds. The summed E-state index contributed by atoms with van der Waals surface area (Å²) in [5.41, 5.74) is 1.91. The van der Waals surface area contributed by atoms with Gasteiger partial charge < -0.3 is 10.2 Å². The number of likely N-dealkylation sites (tertiary alicyclic amines) is 1. The van der Waals surface area contributed by atoms with Crippen LogP contribution in [0.25, 0.3) is 0 Å². The van der Waals surface area contributed by atoms with E-state index in [2.05, 4.69) is 66.3 Å². The topological polar surface area (TPSA) is 18.5 Å². The Labute approximate surface area is 142 Å². The maximum atomic E-state index is 3.53. The van der Waals surface area contributed by atoms with E-state index >= 15 is 0 Å². The van der Waals surface area contributed by atoms with E-state index in [1.165, 1.54) is 51.0 Å². The van der Waals surface area contributed by atoms with Crippen LogP contribution in [0.2, 0.25) is 0 Å². The molecule has 1 N–H and O–H groups in total. The van der Waals surface area contributed by atoms with Gasteiger partial charge in [-0.3, -0.25) is 4.90 Å². The highest BCUT2D eigenvalue weighted by Gasteiger charge is 2.34. The molecule has 1 aromatic rings. The quantitative estimate of drug-likeness (QED) is 0.901. The third-order valence-electron chi connectivity index (χ3n) is 5.93. The summed E-state index contributed by atoms with van der Waals surface area (Å²) < 4.78 is 0. The number of nitrogens with zero attached hydrogens (tertiary/aromatic N) is 2. The monoisotopic (exact) mass is 315 g/mol. The van der Waals surface area contributed by atoms with Gasteiger partial charge in [0, 0.05) is 38.3 Å². The molecule has 0 aromatic heterocycles. The Morgan fingerprint density at radius 3 is 2.74 bits per heavy atom. The van der Waals surface area contributed by atoms with Crippen LogP contribution >= 0.6 is 0 Å². The molecular formula is C20H33N3. The predicted molar refractivity (Wildman–Crippen MR) is 97.6 cm³/mol. The summed E-state index contributed by atoms with van der Waals surface area (Å²) in [4.78, 5) is 5.29. The van der Waals surface area contributed by atoms with Crippen LogP contribution in [-0.4, -0.2) is 55.1 Å². The molecule has 0 radical (unpaired) electrons. The molecule has 23 heavy (non-hydrogen) atoms. The van der Waals surface area contributed by atoms with Gasteiger partial charge >= 0.3 is 0 Å². The second kappa shape index (κ2) is 7.33. The lowest BCUT2D eigenvalue weighted by molar-refractivity contribution is 0.0621. The number of hydrogen-bond acceptors (Lipinski definition) is 3. The minimum Gasteiger partial charge on any atom is -0.316 e. The molecule has 2 fully saturated rings. The molecule has 0 bridgehead atoms. The van der Waals surface area contributed by atoms with E-state index in [4.69, 9.17) is 0 Å². The minimum atomic E-state index is 0.471. The van der Waals surface area contributed by atoms with Gasteiger partial charge in [-0.2, -0.15) is 0 Å². The highest BCUT2D eigenvalue weighted by Crippen LogP contribution is 2.29. The minimum absolute atomic E-state index is 0.471. The van der Waals surface area contributed by atoms with Crippen molar-refractivity contribution in [2.45, 2.75) is 51.7 Å². The zero-order valence-electron chi connectivity index (χ0n) is 15.1. The van der Waals surface area contributed by atoms with Gasteiger partial charge in [0.1, 0.15) is 0 Å². The second-order valence-corrected chi connectivity index (χ2v) is 8.14. The molecule has 3 atom stereocenters. The van der Waals surface area contributed by atoms with Gasteiger partial charge in [0.15, 0.2) is 0 Å². The zero-order chi connectivity index (χ0) is 16.3. The lowest BCUT2D eigenvalue weighted by atomic mass is 9.87. The molecule has 2 aliphatic heterocycles. The molecule has 2 heterocycles. The Morgan fingerprint density at radius 1 is 1.30 bits per heavy atom. The van der Waals surface area contributed by atoms with E-state index in [1.54, 1.807) is 0 Å². The van der Waals surface area contributed by atoms with Gasteiger partial charge in [-0.05, 0) is 50.8 Å². The summed E-state index contributed by atoms with van der Waals surface area (Å²) in [5, 5.41) is 3.53.